The number of hydrogen-bond acceptors (Lipinski definition) is 8. The summed E-state index contributed by atoms with van der Waals surface area (Å²) in [6.45, 7) is 4.37. The summed E-state index contributed by atoms with van der Waals surface area (Å²) in [5, 5.41) is 9.25. The number of nitrogens with zero attached hydrogens (tertiary/aromatic N) is 5. The number of carbonyl (C=O) groups is 1. The van der Waals surface area contributed by atoms with Crippen molar-refractivity contribution in [1.29, 1.82) is 0 Å². The molecule has 0 aliphatic carbocycles. The maximum absolute atomic E-state index is 11.4. The van der Waals surface area contributed by atoms with Crippen LogP contribution in [0.25, 0.3) is 0 Å². The first kappa shape index (κ1) is 25.9. The van der Waals surface area contributed by atoms with Crippen LogP contribution in [0.4, 0.5) is 5.82 Å². The lowest BCUT2D eigenvalue weighted by molar-refractivity contribution is -0.132. The minimum absolute atomic E-state index is 0.0333. The van der Waals surface area contributed by atoms with Crippen LogP contribution in [0.1, 0.15) is 48.2 Å². The number of nitrogens with two attached hydrogens (primary N) is 1. The van der Waals surface area contributed by atoms with Crippen LogP contribution in [0.15, 0.2) is 40.0 Å². The standard InChI is InChI=1S/C26H33ClN6O3/c1-4-8-16-9-5-6-10-17(16)21-13-19-18(14-32(21)2)24(31-26(30-19)36-3)33-12-7-11-29-20(15-33)22(27)23(28)25(34)35/h5-6,9-10,21H,4,7-8,11-15,28H2,1-3H3,(H,34,35)/b23-22+. The average molecular weight is 513 g/mol. The van der Waals surface area contributed by atoms with Gasteiger partial charge < -0.3 is 20.5 Å². The van der Waals surface area contributed by atoms with Gasteiger partial charge in [-0.15, -0.1) is 0 Å². The third kappa shape index (κ3) is 5.32. The number of aliphatic carboxylic acids is 1. The van der Waals surface area contributed by atoms with Gasteiger partial charge in [0.05, 0.1) is 30.1 Å². The summed E-state index contributed by atoms with van der Waals surface area (Å²) < 4.78 is 5.49. The Balaban J connectivity index is 1.72. The van der Waals surface area contributed by atoms with Gasteiger partial charge in [-0.25, -0.2) is 4.79 Å². The van der Waals surface area contributed by atoms with E-state index in [9.17, 15) is 9.90 Å². The van der Waals surface area contributed by atoms with E-state index in [0.29, 0.717) is 37.9 Å². The summed E-state index contributed by atoms with van der Waals surface area (Å²) in [7, 11) is 3.70. The minimum atomic E-state index is -1.27. The van der Waals surface area contributed by atoms with Crippen LogP contribution in [-0.2, 0) is 24.2 Å². The van der Waals surface area contributed by atoms with E-state index in [4.69, 9.17) is 32.0 Å². The lowest BCUT2D eigenvalue weighted by atomic mass is 9.89. The van der Waals surface area contributed by atoms with Gasteiger partial charge in [-0.05, 0) is 31.0 Å². The Morgan fingerprint density at radius 3 is 2.78 bits per heavy atom. The lowest BCUT2D eigenvalue weighted by Gasteiger charge is -2.37. The number of carboxylic acids is 1. The first-order valence-corrected chi connectivity index (χ1v) is 12.6. The summed E-state index contributed by atoms with van der Waals surface area (Å²) in [4.78, 5) is 29.8. The molecule has 1 atom stereocenters. The van der Waals surface area contributed by atoms with E-state index in [2.05, 4.69) is 53.0 Å². The quantitative estimate of drug-likeness (QED) is 0.542. The van der Waals surface area contributed by atoms with Gasteiger partial charge in [0.2, 0.25) is 0 Å². The van der Waals surface area contributed by atoms with Crippen LogP contribution in [0.2, 0.25) is 0 Å². The van der Waals surface area contributed by atoms with Gasteiger partial charge in [0.25, 0.3) is 0 Å². The molecule has 2 aromatic rings. The average Bonchev–Trinajstić information content (AvgIpc) is 3.14. The zero-order valence-corrected chi connectivity index (χ0v) is 21.8. The Bertz CT molecular complexity index is 1200. The van der Waals surface area contributed by atoms with Crippen LogP contribution in [0.3, 0.4) is 0 Å². The number of hydrogen-bond donors (Lipinski definition) is 2. The molecule has 2 aliphatic heterocycles. The predicted octanol–water partition coefficient (Wildman–Crippen LogP) is 3.31. The fourth-order valence-electron chi connectivity index (χ4n) is 4.94. The highest BCUT2D eigenvalue weighted by atomic mass is 35.5. The lowest BCUT2D eigenvalue weighted by Crippen LogP contribution is -2.37. The van der Waals surface area contributed by atoms with E-state index in [1.165, 1.54) is 11.1 Å². The van der Waals surface area contributed by atoms with Crippen LogP contribution >= 0.6 is 11.6 Å². The molecule has 3 N–H and O–H groups in total. The zero-order chi connectivity index (χ0) is 25.8. The molecule has 1 unspecified atom stereocenters. The van der Waals surface area contributed by atoms with E-state index in [1.54, 1.807) is 7.11 Å². The Morgan fingerprint density at radius 1 is 1.28 bits per heavy atom. The van der Waals surface area contributed by atoms with Crippen LogP contribution < -0.4 is 15.4 Å². The maximum Gasteiger partial charge on any atom is 0.353 e. The molecule has 4 rings (SSSR count). The summed E-state index contributed by atoms with van der Waals surface area (Å²) >= 11 is 6.33. The molecule has 0 bridgehead atoms. The molecule has 3 heterocycles. The zero-order valence-electron chi connectivity index (χ0n) is 21.0. The van der Waals surface area contributed by atoms with Crippen molar-refractivity contribution >= 4 is 29.1 Å². The number of likely N-dealkylation sites (N-methyl/N-ethyl adjacent to an activating group) is 1. The number of benzene rings is 1. The molecule has 36 heavy (non-hydrogen) atoms. The third-order valence-corrected chi connectivity index (χ3v) is 7.16. The van der Waals surface area contributed by atoms with Crippen molar-refractivity contribution in [2.75, 3.05) is 38.7 Å². The van der Waals surface area contributed by atoms with Gasteiger partial charge in [0.1, 0.15) is 11.5 Å². The Labute approximate surface area is 216 Å². The Kier molecular flexibility index (Phi) is 8.11. The largest absolute Gasteiger partial charge is 0.477 e. The van der Waals surface area contributed by atoms with Gasteiger partial charge >= 0.3 is 12.0 Å². The molecule has 9 nitrogen and oxygen atoms in total. The number of carboxylic acid groups (broad SMARTS) is 1. The van der Waals surface area contributed by atoms with Crippen molar-refractivity contribution in [2.45, 2.75) is 45.2 Å². The van der Waals surface area contributed by atoms with Crippen LogP contribution in [0, 0.1) is 0 Å². The molecule has 0 saturated heterocycles. The number of aliphatic imine (C=N–C) groups is 1. The highest BCUT2D eigenvalue weighted by Gasteiger charge is 2.32. The fourth-order valence-corrected chi connectivity index (χ4v) is 5.14. The second-order valence-corrected chi connectivity index (χ2v) is 9.56. The number of halogens is 1. The number of methoxy groups -OCH3 is 1. The summed E-state index contributed by atoms with van der Waals surface area (Å²) in [5.41, 5.74) is 10.4. The summed E-state index contributed by atoms with van der Waals surface area (Å²) in [6.07, 6.45) is 3.63. The number of rotatable bonds is 7. The van der Waals surface area contributed by atoms with Crippen molar-refractivity contribution in [2.24, 2.45) is 10.7 Å². The first-order chi connectivity index (χ1) is 17.3. The molecule has 0 amide bonds. The second kappa shape index (κ2) is 11.3. The summed E-state index contributed by atoms with van der Waals surface area (Å²) in [6, 6.07) is 9.14. The van der Waals surface area contributed by atoms with Crippen LogP contribution in [0.5, 0.6) is 6.01 Å². The van der Waals surface area contributed by atoms with Crippen molar-refractivity contribution in [3.05, 3.63) is 57.4 Å². The van der Waals surface area contributed by atoms with E-state index in [0.717, 1.165) is 42.8 Å². The van der Waals surface area contributed by atoms with Crippen molar-refractivity contribution < 1.29 is 14.6 Å². The van der Waals surface area contributed by atoms with Crippen molar-refractivity contribution in [1.82, 2.24) is 14.9 Å². The summed E-state index contributed by atoms with van der Waals surface area (Å²) in [5.74, 6) is -0.507. The third-order valence-electron chi connectivity index (χ3n) is 6.74. The normalized spacial score (nSPS) is 19.2. The molecule has 1 aromatic carbocycles. The van der Waals surface area contributed by atoms with E-state index < -0.39 is 11.7 Å². The molecule has 0 spiro atoms. The number of aryl methyl sites for hydroxylation is 1. The Hall–Kier alpha value is -3.17. The molecule has 1 aromatic heterocycles. The predicted molar refractivity (Wildman–Crippen MR) is 141 cm³/mol. The van der Waals surface area contributed by atoms with Crippen molar-refractivity contribution in [3.8, 4) is 6.01 Å². The molecular formula is C26H33ClN6O3. The maximum atomic E-state index is 11.4. The monoisotopic (exact) mass is 512 g/mol. The molecule has 2 aliphatic rings. The molecular weight excluding hydrogens is 480 g/mol. The number of fused-ring (bicyclic) bond motifs is 1. The number of aromatic nitrogens is 2. The molecule has 0 radical (unpaired) electrons. The molecule has 0 fully saturated rings. The topological polar surface area (TPSA) is 117 Å². The highest BCUT2D eigenvalue weighted by molar-refractivity contribution is 6.45. The highest BCUT2D eigenvalue weighted by Crippen LogP contribution is 2.37. The van der Waals surface area contributed by atoms with Gasteiger partial charge in [0, 0.05) is 37.7 Å². The number of ether oxygens (including phenoxy) is 1. The van der Waals surface area contributed by atoms with E-state index >= 15 is 0 Å². The van der Waals surface area contributed by atoms with Gasteiger partial charge in [-0.3, -0.25) is 9.89 Å². The van der Waals surface area contributed by atoms with Gasteiger partial charge in [-0.1, -0.05) is 49.2 Å². The first-order valence-electron chi connectivity index (χ1n) is 12.2. The minimum Gasteiger partial charge on any atom is -0.477 e. The molecule has 10 heteroatoms. The fraction of sp³-hybridized carbons (Fsp3) is 0.462. The Morgan fingerprint density at radius 2 is 2.06 bits per heavy atom. The smallest absolute Gasteiger partial charge is 0.353 e. The molecule has 192 valence electrons. The number of anilines is 1. The van der Waals surface area contributed by atoms with E-state index in [1.807, 2.05) is 0 Å². The van der Waals surface area contributed by atoms with Gasteiger partial charge in [-0.2, -0.15) is 9.97 Å². The SMILES string of the molecule is CCCc1ccccc1C1Cc2nc(OC)nc(N3CCCN=C(/C(Cl)=C(\N)C(=O)O)C3)c2CN1C. The second-order valence-electron chi connectivity index (χ2n) is 9.18. The van der Waals surface area contributed by atoms with Gasteiger partial charge in [0.15, 0.2) is 0 Å². The van der Waals surface area contributed by atoms with Crippen LogP contribution in [-0.4, -0.2) is 65.4 Å². The molecule has 0 saturated carbocycles. The van der Waals surface area contributed by atoms with E-state index in [-0.39, 0.29) is 11.1 Å². The van der Waals surface area contributed by atoms with Crippen molar-refractivity contribution in [3.63, 3.8) is 0 Å².